The molecule has 0 fully saturated rings. The summed E-state index contributed by atoms with van der Waals surface area (Å²) < 4.78 is 20.0. The topological polar surface area (TPSA) is 54.0 Å². The summed E-state index contributed by atoms with van der Waals surface area (Å²) in [5.41, 5.74) is 0.323. The Labute approximate surface area is 86.5 Å². The minimum absolute atomic E-state index is 0.156. The van der Waals surface area contributed by atoms with Crippen LogP contribution in [0.4, 0.5) is 0 Å². The maximum absolute atomic E-state index is 11.4. The fourth-order valence-electron chi connectivity index (χ4n) is 1.36. The van der Waals surface area contributed by atoms with Crippen molar-refractivity contribution < 1.29 is 23.7 Å². The van der Waals surface area contributed by atoms with Crippen LogP contribution in [-0.2, 0) is 4.74 Å². The molecule has 0 unspecified atom stereocenters. The number of methoxy groups -OCH3 is 2. The standard InChI is InChI=1S/C10H10O5/c1-12-7-4-9-8(14-5-15-9)3-6(7)10(11)13-2/h3-4H,5H2,1-2H3. The number of fused-ring (bicyclic) bond motifs is 1. The summed E-state index contributed by atoms with van der Waals surface area (Å²) in [7, 11) is 2.79. The van der Waals surface area contributed by atoms with E-state index in [9.17, 15) is 4.79 Å². The van der Waals surface area contributed by atoms with Crippen molar-refractivity contribution in [1.29, 1.82) is 0 Å². The van der Waals surface area contributed by atoms with Gasteiger partial charge in [-0.1, -0.05) is 0 Å². The summed E-state index contributed by atoms with van der Waals surface area (Å²) >= 11 is 0. The van der Waals surface area contributed by atoms with Crippen molar-refractivity contribution in [2.45, 2.75) is 0 Å². The van der Waals surface area contributed by atoms with Gasteiger partial charge < -0.3 is 18.9 Å². The summed E-state index contributed by atoms with van der Waals surface area (Å²) in [5.74, 6) is 1.03. The highest BCUT2D eigenvalue weighted by atomic mass is 16.7. The molecule has 0 radical (unpaired) electrons. The molecule has 1 aliphatic rings. The zero-order chi connectivity index (χ0) is 10.8. The molecule has 0 atom stereocenters. The van der Waals surface area contributed by atoms with Crippen molar-refractivity contribution >= 4 is 5.97 Å². The largest absolute Gasteiger partial charge is 0.496 e. The average Bonchev–Trinajstić information content (AvgIpc) is 2.73. The third-order valence-corrected chi connectivity index (χ3v) is 2.10. The highest BCUT2D eigenvalue weighted by Gasteiger charge is 2.21. The zero-order valence-electron chi connectivity index (χ0n) is 8.40. The highest BCUT2D eigenvalue weighted by Crippen LogP contribution is 2.38. The Balaban J connectivity index is 2.48. The Bertz CT molecular complexity index is 399. The van der Waals surface area contributed by atoms with Crippen molar-refractivity contribution in [1.82, 2.24) is 0 Å². The van der Waals surface area contributed by atoms with Gasteiger partial charge in [-0.2, -0.15) is 0 Å². The monoisotopic (exact) mass is 210 g/mol. The fraction of sp³-hybridized carbons (Fsp3) is 0.300. The van der Waals surface area contributed by atoms with Gasteiger partial charge in [0.15, 0.2) is 11.5 Å². The SMILES string of the molecule is COC(=O)c1cc2c(cc1OC)OCO2. The first-order valence-corrected chi connectivity index (χ1v) is 4.32. The number of benzene rings is 1. The quantitative estimate of drug-likeness (QED) is 0.687. The molecular weight excluding hydrogens is 200 g/mol. The van der Waals surface area contributed by atoms with Crippen LogP contribution in [0.3, 0.4) is 0 Å². The molecule has 0 spiro atoms. The van der Waals surface area contributed by atoms with E-state index in [0.717, 1.165) is 0 Å². The van der Waals surface area contributed by atoms with Crippen LogP contribution >= 0.6 is 0 Å². The van der Waals surface area contributed by atoms with Crippen LogP contribution in [-0.4, -0.2) is 27.0 Å². The molecule has 5 heteroatoms. The van der Waals surface area contributed by atoms with Crippen molar-refractivity contribution in [3.8, 4) is 17.2 Å². The molecular formula is C10H10O5. The Kier molecular flexibility index (Phi) is 2.37. The van der Waals surface area contributed by atoms with Crippen molar-refractivity contribution in [3.05, 3.63) is 17.7 Å². The lowest BCUT2D eigenvalue weighted by Gasteiger charge is -2.07. The fourth-order valence-corrected chi connectivity index (χ4v) is 1.36. The highest BCUT2D eigenvalue weighted by molar-refractivity contribution is 5.93. The van der Waals surface area contributed by atoms with E-state index < -0.39 is 5.97 Å². The number of rotatable bonds is 2. The minimum Gasteiger partial charge on any atom is -0.496 e. The van der Waals surface area contributed by atoms with E-state index >= 15 is 0 Å². The Morgan fingerprint density at radius 1 is 1.27 bits per heavy atom. The Morgan fingerprint density at radius 2 is 1.93 bits per heavy atom. The number of esters is 1. The number of ether oxygens (including phenoxy) is 4. The molecule has 0 saturated heterocycles. The van der Waals surface area contributed by atoms with Gasteiger partial charge in [0.1, 0.15) is 11.3 Å². The summed E-state index contributed by atoms with van der Waals surface area (Å²) in [6, 6.07) is 3.15. The van der Waals surface area contributed by atoms with Gasteiger partial charge in [0, 0.05) is 12.1 Å². The number of hydrogen-bond donors (Lipinski definition) is 0. The van der Waals surface area contributed by atoms with Crippen LogP contribution in [0.25, 0.3) is 0 Å². The van der Waals surface area contributed by atoms with Gasteiger partial charge >= 0.3 is 5.97 Å². The Morgan fingerprint density at radius 3 is 2.53 bits per heavy atom. The van der Waals surface area contributed by atoms with Gasteiger partial charge in [-0.3, -0.25) is 0 Å². The molecule has 1 aliphatic heterocycles. The number of hydrogen-bond acceptors (Lipinski definition) is 5. The predicted octanol–water partition coefficient (Wildman–Crippen LogP) is 1.21. The summed E-state index contributed by atoms with van der Waals surface area (Å²) in [4.78, 5) is 11.4. The first kappa shape index (κ1) is 9.64. The second-order valence-corrected chi connectivity index (χ2v) is 2.90. The maximum Gasteiger partial charge on any atom is 0.341 e. The van der Waals surface area contributed by atoms with Gasteiger partial charge in [-0.25, -0.2) is 4.79 Å². The number of carbonyl (C=O) groups excluding carboxylic acids is 1. The third kappa shape index (κ3) is 1.56. The van der Waals surface area contributed by atoms with Crippen LogP contribution in [0.5, 0.6) is 17.2 Å². The summed E-state index contributed by atoms with van der Waals surface area (Å²) in [6.07, 6.45) is 0. The second-order valence-electron chi connectivity index (χ2n) is 2.90. The van der Waals surface area contributed by atoms with E-state index in [1.165, 1.54) is 14.2 Å². The van der Waals surface area contributed by atoms with Crippen LogP contribution in [0.1, 0.15) is 10.4 Å². The molecule has 5 nitrogen and oxygen atoms in total. The number of carbonyl (C=O) groups is 1. The smallest absolute Gasteiger partial charge is 0.341 e. The molecule has 0 aliphatic carbocycles. The van der Waals surface area contributed by atoms with Gasteiger partial charge in [-0.15, -0.1) is 0 Å². The molecule has 0 saturated carbocycles. The summed E-state index contributed by atoms with van der Waals surface area (Å²) in [6.45, 7) is 0.156. The molecule has 2 rings (SSSR count). The predicted molar refractivity (Wildman–Crippen MR) is 50.5 cm³/mol. The lowest BCUT2D eigenvalue weighted by molar-refractivity contribution is 0.0596. The molecule has 80 valence electrons. The molecule has 0 aromatic heterocycles. The molecule has 15 heavy (non-hydrogen) atoms. The summed E-state index contributed by atoms with van der Waals surface area (Å²) in [5, 5.41) is 0. The van der Waals surface area contributed by atoms with E-state index in [0.29, 0.717) is 22.8 Å². The second kappa shape index (κ2) is 3.68. The minimum atomic E-state index is -0.467. The van der Waals surface area contributed by atoms with Gasteiger partial charge in [0.05, 0.1) is 14.2 Å². The molecule has 0 amide bonds. The van der Waals surface area contributed by atoms with Gasteiger partial charge in [0.2, 0.25) is 6.79 Å². The maximum atomic E-state index is 11.4. The molecule has 1 aromatic rings. The van der Waals surface area contributed by atoms with Crippen molar-refractivity contribution in [2.24, 2.45) is 0 Å². The lowest BCUT2D eigenvalue weighted by atomic mass is 10.2. The first-order chi connectivity index (χ1) is 7.26. The average molecular weight is 210 g/mol. The van der Waals surface area contributed by atoms with Crippen LogP contribution in [0.15, 0.2) is 12.1 Å². The lowest BCUT2D eigenvalue weighted by Crippen LogP contribution is -2.03. The van der Waals surface area contributed by atoms with Gasteiger partial charge in [0.25, 0.3) is 0 Å². The van der Waals surface area contributed by atoms with Gasteiger partial charge in [-0.05, 0) is 0 Å². The van der Waals surface area contributed by atoms with Crippen molar-refractivity contribution in [2.75, 3.05) is 21.0 Å². The van der Waals surface area contributed by atoms with Crippen LogP contribution in [0, 0.1) is 0 Å². The van der Waals surface area contributed by atoms with Crippen molar-refractivity contribution in [3.63, 3.8) is 0 Å². The molecule has 0 N–H and O–H groups in total. The molecule has 1 heterocycles. The van der Waals surface area contributed by atoms with E-state index in [-0.39, 0.29) is 6.79 Å². The van der Waals surface area contributed by atoms with E-state index in [1.54, 1.807) is 12.1 Å². The molecule has 0 bridgehead atoms. The third-order valence-electron chi connectivity index (χ3n) is 2.10. The van der Waals surface area contributed by atoms with Crippen LogP contribution in [0.2, 0.25) is 0 Å². The van der Waals surface area contributed by atoms with E-state index in [1.807, 2.05) is 0 Å². The normalized spacial score (nSPS) is 12.4. The first-order valence-electron chi connectivity index (χ1n) is 4.32. The molecule has 1 aromatic carbocycles. The Hall–Kier alpha value is -1.91. The zero-order valence-corrected chi connectivity index (χ0v) is 8.40. The van der Waals surface area contributed by atoms with Crippen LogP contribution < -0.4 is 14.2 Å². The van der Waals surface area contributed by atoms with E-state index in [2.05, 4.69) is 4.74 Å². The van der Waals surface area contributed by atoms with E-state index in [4.69, 9.17) is 14.2 Å².